The number of carbonyl (C=O) groups is 1. The lowest BCUT2D eigenvalue weighted by Crippen LogP contribution is -2.42. The fourth-order valence-corrected chi connectivity index (χ4v) is 3.27. The van der Waals surface area contributed by atoms with Crippen LogP contribution in [0.25, 0.3) is 0 Å². The van der Waals surface area contributed by atoms with Crippen molar-refractivity contribution in [3.8, 4) is 11.5 Å². The van der Waals surface area contributed by atoms with Crippen LogP contribution in [0.5, 0.6) is 11.5 Å². The van der Waals surface area contributed by atoms with Gasteiger partial charge in [-0.3, -0.25) is 4.79 Å². The Morgan fingerprint density at radius 1 is 1.04 bits per heavy atom. The second-order valence-corrected chi connectivity index (χ2v) is 6.67. The molecular weight excluding hydrogens is 365 g/mol. The van der Waals surface area contributed by atoms with Crippen LogP contribution in [0.15, 0.2) is 36.4 Å². The van der Waals surface area contributed by atoms with Crippen molar-refractivity contribution < 1.29 is 19.0 Å². The molecule has 0 aromatic heterocycles. The van der Waals surface area contributed by atoms with E-state index in [0.717, 1.165) is 5.56 Å². The predicted octanol–water partition coefficient (Wildman–Crippen LogP) is 3.94. The molecule has 0 radical (unpaired) electrons. The number of ether oxygens (including phenoxy) is 3. The number of hydrogen-bond donors (Lipinski definition) is 0. The fraction of sp³-hybridized carbons (Fsp3) is 0.278. The summed E-state index contributed by atoms with van der Waals surface area (Å²) in [6, 6.07) is 10.6. The molecule has 1 unspecified atom stereocenters. The Hall–Kier alpha value is -1.95. The normalized spacial score (nSPS) is 19.1. The van der Waals surface area contributed by atoms with Crippen LogP contribution in [0.1, 0.15) is 22.0 Å². The molecule has 1 fully saturated rings. The highest BCUT2D eigenvalue weighted by Gasteiger charge is 2.27. The van der Waals surface area contributed by atoms with Gasteiger partial charge in [-0.15, -0.1) is 0 Å². The number of hydrogen-bond acceptors (Lipinski definition) is 4. The highest BCUT2D eigenvalue weighted by atomic mass is 35.5. The van der Waals surface area contributed by atoms with E-state index in [2.05, 4.69) is 0 Å². The minimum atomic E-state index is -0.235. The van der Waals surface area contributed by atoms with Gasteiger partial charge in [0.1, 0.15) is 6.10 Å². The van der Waals surface area contributed by atoms with Crippen LogP contribution in [0.2, 0.25) is 10.0 Å². The molecule has 2 aromatic carbocycles. The van der Waals surface area contributed by atoms with Gasteiger partial charge in [0.05, 0.1) is 23.2 Å². The molecule has 25 heavy (non-hydrogen) atoms. The monoisotopic (exact) mass is 379 g/mol. The molecule has 2 aliphatic heterocycles. The standard InChI is InChI=1S/C18H15Cl2NO4/c19-13-3-1-11(7-14(13)20)17-9-21(5-6-23-17)18(22)12-2-4-15-16(8-12)25-10-24-15/h1-4,7-8,17H,5-6,9-10H2. The maximum Gasteiger partial charge on any atom is 0.254 e. The molecule has 2 heterocycles. The maximum absolute atomic E-state index is 12.8. The summed E-state index contributed by atoms with van der Waals surface area (Å²) in [6.07, 6.45) is -0.235. The molecule has 4 rings (SSSR count). The minimum Gasteiger partial charge on any atom is -0.454 e. The lowest BCUT2D eigenvalue weighted by molar-refractivity contribution is -0.0228. The van der Waals surface area contributed by atoms with Gasteiger partial charge >= 0.3 is 0 Å². The molecule has 1 atom stereocenters. The number of morpholine rings is 1. The molecule has 0 N–H and O–H groups in total. The summed E-state index contributed by atoms with van der Waals surface area (Å²) in [7, 11) is 0. The van der Waals surface area contributed by atoms with Gasteiger partial charge in [-0.25, -0.2) is 0 Å². The summed E-state index contributed by atoms with van der Waals surface area (Å²) in [6.45, 7) is 1.63. The maximum atomic E-state index is 12.8. The van der Waals surface area contributed by atoms with Crippen LogP contribution < -0.4 is 9.47 Å². The third-order valence-corrected chi connectivity index (χ3v) is 5.03. The van der Waals surface area contributed by atoms with Crippen molar-refractivity contribution in [2.45, 2.75) is 6.10 Å². The third-order valence-electron chi connectivity index (χ3n) is 4.29. The van der Waals surface area contributed by atoms with Gasteiger partial charge < -0.3 is 19.1 Å². The van der Waals surface area contributed by atoms with E-state index < -0.39 is 0 Å². The molecule has 7 heteroatoms. The summed E-state index contributed by atoms with van der Waals surface area (Å²) in [5.74, 6) is 1.19. The van der Waals surface area contributed by atoms with Crippen LogP contribution in [0, 0.1) is 0 Å². The summed E-state index contributed by atoms with van der Waals surface area (Å²) in [5.41, 5.74) is 1.47. The Morgan fingerprint density at radius 3 is 2.72 bits per heavy atom. The van der Waals surface area contributed by atoms with Crippen molar-refractivity contribution in [2.24, 2.45) is 0 Å². The zero-order valence-corrected chi connectivity index (χ0v) is 14.7. The molecule has 0 spiro atoms. The van der Waals surface area contributed by atoms with Gasteiger partial charge in [0.25, 0.3) is 5.91 Å². The first-order valence-corrected chi connectivity index (χ1v) is 8.63. The topological polar surface area (TPSA) is 48.0 Å². The Kier molecular flexibility index (Phi) is 4.46. The number of nitrogens with zero attached hydrogens (tertiary/aromatic N) is 1. The molecule has 1 amide bonds. The largest absolute Gasteiger partial charge is 0.454 e. The molecule has 130 valence electrons. The van der Waals surface area contributed by atoms with E-state index in [4.69, 9.17) is 37.4 Å². The van der Waals surface area contributed by atoms with Crippen molar-refractivity contribution in [3.05, 3.63) is 57.6 Å². The molecular formula is C18H15Cl2NO4. The number of rotatable bonds is 2. The number of benzene rings is 2. The van der Waals surface area contributed by atoms with E-state index in [9.17, 15) is 4.79 Å². The number of fused-ring (bicyclic) bond motifs is 1. The van der Waals surface area contributed by atoms with Gasteiger partial charge in [-0.05, 0) is 35.9 Å². The summed E-state index contributed by atoms with van der Waals surface area (Å²) >= 11 is 12.1. The first-order chi connectivity index (χ1) is 12.1. The smallest absolute Gasteiger partial charge is 0.254 e. The fourth-order valence-electron chi connectivity index (χ4n) is 2.96. The Balaban J connectivity index is 1.52. The van der Waals surface area contributed by atoms with Gasteiger partial charge in [0, 0.05) is 12.1 Å². The zero-order chi connectivity index (χ0) is 17.4. The second kappa shape index (κ2) is 6.75. The van der Waals surface area contributed by atoms with E-state index in [-0.39, 0.29) is 18.8 Å². The summed E-state index contributed by atoms with van der Waals surface area (Å²) in [4.78, 5) is 14.6. The molecule has 0 aliphatic carbocycles. The van der Waals surface area contributed by atoms with E-state index in [0.29, 0.717) is 46.8 Å². The summed E-state index contributed by atoms with van der Waals surface area (Å²) in [5, 5.41) is 0.969. The van der Waals surface area contributed by atoms with Gasteiger partial charge in [0.2, 0.25) is 6.79 Å². The van der Waals surface area contributed by atoms with E-state index >= 15 is 0 Å². The van der Waals surface area contributed by atoms with Crippen molar-refractivity contribution in [1.82, 2.24) is 4.90 Å². The van der Waals surface area contributed by atoms with Crippen molar-refractivity contribution in [3.63, 3.8) is 0 Å². The quantitative estimate of drug-likeness (QED) is 0.792. The first kappa shape index (κ1) is 16.5. The molecule has 1 saturated heterocycles. The van der Waals surface area contributed by atoms with Gasteiger partial charge in [-0.2, -0.15) is 0 Å². The van der Waals surface area contributed by atoms with Gasteiger partial charge in [0.15, 0.2) is 11.5 Å². The van der Waals surface area contributed by atoms with E-state index in [1.165, 1.54) is 0 Å². The molecule has 0 saturated carbocycles. The third kappa shape index (κ3) is 3.27. The highest BCUT2D eigenvalue weighted by molar-refractivity contribution is 6.42. The average molecular weight is 380 g/mol. The number of halogens is 2. The molecule has 2 aromatic rings. The second-order valence-electron chi connectivity index (χ2n) is 5.85. The molecule has 5 nitrogen and oxygen atoms in total. The van der Waals surface area contributed by atoms with E-state index in [1.807, 2.05) is 6.07 Å². The number of amides is 1. The van der Waals surface area contributed by atoms with Crippen LogP contribution >= 0.6 is 23.2 Å². The Morgan fingerprint density at radius 2 is 1.88 bits per heavy atom. The van der Waals surface area contributed by atoms with Crippen LogP contribution in [-0.4, -0.2) is 37.3 Å². The zero-order valence-electron chi connectivity index (χ0n) is 13.2. The lowest BCUT2D eigenvalue weighted by Gasteiger charge is -2.33. The first-order valence-electron chi connectivity index (χ1n) is 7.87. The minimum absolute atomic E-state index is 0.0633. The van der Waals surface area contributed by atoms with Gasteiger partial charge in [-0.1, -0.05) is 29.3 Å². The van der Waals surface area contributed by atoms with Crippen molar-refractivity contribution in [2.75, 3.05) is 26.5 Å². The number of carbonyl (C=O) groups excluding carboxylic acids is 1. The van der Waals surface area contributed by atoms with Crippen LogP contribution in [0.4, 0.5) is 0 Å². The van der Waals surface area contributed by atoms with E-state index in [1.54, 1.807) is 35.2 Å². The molecule has 0 bridgehead atoms. The average Bonchev–Trinajstić information content (AvgIpc) is 3.11. The SMILES string of the molecule is O=C(c1ccc2c(c1)OCO2)N1CCOC(c2ccc(Cl)c(Cl)c2)C1. The molecule has 2 aliphatic rings. The van der Waals surface area contributed by atoms with Crippen molar-refractivity contribution in [1.29, 1.82) is 0 Å². The van der Waals surface area contributed by atoms with Crippen LogP contribution in [-0.2, 0) is 4.74 Å². The van der Waals surface area contributed by atoms with Crippen molar-refractivity contribution >= 4 is 29.1 Å². The highest BCUT2D eigenvalue weighted by Crippen LogP contribution is 2.34. The summed E-state index contributed by atoms with van der Waals surface area (Å²) < 4.78 is 16.4. The lowest BCUT2D eigenvalue weighted by atomic mass is 10.1. The van der Waals surface area contributed by atoms with Crippen LogP contribution in [0.3, 0.4) is 0 Å². The Labute approximate surface area is 155 Å². The Bertz CT molecular complexity index is 827. The predicted molar refractivity (Wildman–Crippen MR) is 93.6 cm³/mol.